The fourth-order valence-electron chi connectivity index (χ4n) is 1.87. The van der Waals surface area contributed by atoms with Crippen LogP contribution < -0.4 is 0 Å². The van der Waals surface area contributed by atoms with Crippen molar-refractivity contribution in [2.24, 2.45) is 0 Å². The van der Waals surface area contributed by atoms with E-state index >= 15 is 0 Å². The van der Waals surface area contributed by atoms with Crippen LogP contribution in [0.2, 0.25) is 10.0 Å². The van der Waals surface area contributed by atoms with E-state index in [1.165, 1.54) is 0 Å². The van der Waals surface area contributed by atoms with Crippen molar-refractivity contribution in [1.29, 1.82) is 0 Å². The molecule has 0 fully saturated rings. The fourth-order valence-corrected chi connectivity index (χ4v) is 2.37. The van der Waals surface area contributed by atoms with Gasteiger partial charge in [0.15, 0.2) is 6.23 Å². The lowest BCUT2D eigenvalue weighted by molar-refractivity contribution is 0.00835. The molecule has 0 unspecified atom stereocenters. The Morgan fingerprint density at radius 2 is 2.24 bits per heavy atom. The van der Waals surface area contributed by atoms with Gasteiger partial charge in [0, 0.05) is 29.6 Å². The zero-order valence-corrected chi connectivity index (χ0v) is 13.1. The molecule has 21 heavy (non-hydrogen) atoms. The van der Waals surface area contributed by atoms with Crippen molar-refractivity contribution < 1.29 is 9.53 Å². The van der Waals surface area contributed by atoms with Gasteiger partial charge in [-0.3, -0.25) is 4.79 Å². The van der Waals surface area contributed by atoms with E-state index in [-0.39, 0.29) is 5.78 Å². The molecule has 0 amide bonds. The molecule has 1 aromatic carbocycles. The molecule has 0 aliphatic rings. The van der Waals surface area contributed by atoms with Gasteiger partial charge < -0.3 is 9.30 Å². The topological polar surface area (TPSA) is 44.1 Å². The van der Waals surface area contributed by atoms with E-state index in [1.54, 1.807) is 41.5 Å². The highest BCUT2D eigenvalue weighted by atomic mass is 35.5. The van der Waals surface area contributed by atoms with Crippen molar-refractivity contribution in [3.63, 3.8) is 0 Å². The molecule has 0 bridgehead atoms. The van der Waals surface area contributed by atoms with Gasteiger partial charge in [0.05, 0.1) is 11.3 Å². The van der Waals surface area contributed by atoms with Crippen LogP contribution in [0.15, 0.2) is 36.9 Å². The van der Waals surface area contributed by atoms with Crippen molar-refractivity contribution in [3.8, 4) is 0 Å². The molecule has 0 saturated heterocycles. The van der Waals surface area contributed by atoms with Gasteiger partial charge in [-0.2, -0.15) is 0 Å². The second kappa shape index (κ2) is 7.59. The number of nitrogens with zero attached hydrogens (tertiary/aromatic N) is 2. The Balaban J connectivity index is 2.25. The number of aromatic nitrogens is 2. The minimum atomic E-state index is -0.766. The monoisotopic (exact) mass is 326 g/mol. The molecule has 0 aliphatic heterocycles. The summed E-state index contributed by atoms with van der Waals surface area (Å²) < 4.78 is 7.34. The van der Waals surface area contributed by atoms with E-state index in [0.29, 0.717) is 22.2 Å². The lowest BCUT2D eigenvalue weighted by atomic mass is 10.1. The molecular formula is C15H16Cl2N2O2. The average molecular weight is 327 g/mol. The van der Waals surface area contributed by atoms with Gasteiger partial charge in [-0.25, -0.2) is 4.98 Å². The summed E-state index contributed by atoms with van der Waals surface area (Å²) in [5, 5.41) is 0.805. The summed E-state index contributed by atoms with van der Waals surface area (Å²) in [5.74, 6) is -0.217. The van der Waals surface area contributed by atoms with E-state index in [4.69, 9.17) is 27.9 Å². The maximum absolute atomic E-state index is 12.7. The Labute approximate surface area is 133 Å². The summed E-state index contributed by atoms with van der Waals surface area (Å²) in [5.41, 5.74) is 0.385. The molecule has 2 rings (SSSR count). The smallest absolute Gasteiger partial charge is 0.214 e. The molecule has 6 heteroatoms. The minimum absolute atomic E-state index is 0.217. The van der Waals surface area contributed by atoms with Crippen LogP contribution in [0.3, 0.4) is 0 Å². The first kappa shape index (κ1) is 16.0. The zero-order chi connectivity index (χ0) is 15.2. The highest BCUT2D eigenvalue weighted by Crippen LogP contribution is 2.25. The fraction of sp³-hybridized carbons (Fsp3) is 0.333. The first-order valence-corrected chi connectivity index (χ1v) is 7.47. The first-order chi connectivity index (χ1) is 10.1. The van der Waals surface area contributed by atoms with Gasteiger partial charge in [0.2, 0.25) is 5.78 Å². The summed E-state index contributed by atoms with van der Waals surface area (Å²) in [7, 11) is 0. The summed E-state index contributed by atoms with van der Waals surface area (Å²) in [6.45, 7) is 2.56. The van der Waals surface area contributed by atoms with E-state index in [9.17, 15) is 4.79 Å². The van der Waals surface area contributed by atoms with Crippen LogP contribution in [0.4, 0.5) is 0 Å². The summed E-state index contributed by atoms with van der Waals surface area (Å²) in [6, 6.07) is 4.80. The first-order valence-electron chi connectivity index (χ1n) is 6.71. The number of rotatable bonds is 7. The third-order valence-corrected chi connectivity index (χ3v) is 3.54. The molecular weight excluding hydrogens is 311 g/mol. The largest absolute Gasteiger partial charge is 0.350 e. The van der Waals surface area contributed by atoms with Gasteiger partial charge >= 0.3 is 0 Å². The highest BCUT2D eigenvalue weighted by Gasteiger charge is 2.24. The molecule has 1 heterocycles. The predicted molar refractivity (Wildman–Crippen MR) is 82.9 cm³/mol. The molecule has 0 saturated carbocycles. The Morgan fingerprint density at radius 1 is 1.43 bits per heavy atom. The molecule has 0 spiro atoms. The number of ether oxygens (including phenoxy) is 1. The number of carbonyl (C=O) groups excluding carboxylic acids is 1. The van der Waals surface area contributed by atoms with Gasteiger partial charge in [-0.1, -0.05) is 36.5 Å². The maximum Gasteiger partial charge on any atom is 0.214 e. The van der Waals surface area contributed by atoms with Crippen LogP contribution in [0, 0.1) is 0 Å². The van der Waals surface area contributed by atoms with Crippen molar-refractivity contribution in [3.05, 3.63) is 52.5 Å². The van der Waals surface area contributed by atoms with Gasteiger partial charge in [-0.15, -0.1) is 0 Å². The van der Waals surface area contributed by atoms with Gasteiger partial charge in [-0.05, 0) is 24.6 Å². The quantitative estimate of drug-likeness (QED) is 0.560. The minimum Gasteiger partial charge on any atom is -0.350 e. The van der Waals surface area contributed by atoms with Crippen LogP contribution in [-0.4, -0.2) is 21.9 Å². The van der Waals surface area contributed by atoms with Crippen LogP contribution in [-0.2, 0) is 4.74 Å². The van der Waals surface area contributed by atoms with Crippen LogP contribution >= 0.6 is 23.2 Å². The number of halogens is 2. The lowest BCUT2D eigenvalue weighted by Crippen LogP contribution is -2.22. The number of hydrogen-bond acceptors (Lipinski definition) is 3. The molecule has 4 nitrogen and oxygen atoms in total. The Hall–Kier alpha value is -1.36. The molecule has 0 aliphatic carbocycles. The summed E-state index contributed by atoms with van der Waals surface area (Å²) in [4.78, 5) is 16.6. The third kappa shape index (κ3) is 4.06. The maximum atomic E-state index is 12.7. The van der Waals surface area contributed by atoms with Crippen molar-refractivity contribution >= 4 is 29.0 Å². The average Bonchev–Trinajstić information content (AvgIpc) is 2.97. The second-order valence-electron chi connectivity index (χ2n) is 4.58. The Morgan fingerprint density at radius 3 is 2.86 bits per heavy atom. The number of Topliss-reactive ketones (excluding diaryl/α,β-unsaturated/α-hetero) is 1. The summed E-state index contributed by atoms with van der Waals surface area (Å²) in [6.07, 6.45) is 5.96. The van der Waals surface area contributed by atoms with Crippen LogP contribution in [0.1, 0.15) is 36.4 Å². The second-order valence-corrected chi connectivity index (χ2v) is 5.42. The molecule has 1 aromatic heterocycles. The van der Waals surface area contributed by atoms with E-state index < -0.39 is 6.23 Å². The molecule has 1 atom stereocenters. The number of carbonyl (C=O) groups is 1. The van der Waals surface area contributed by atoms with E-state index in [1.807, 2.05) is 0 Å². The number of hydrogen-bond donors (Lipinski definition) is 0. The highest BCUT2D eigenvalue weighted by molar-refractivity contribution is 6.36. The SMILES string of the molecule is CCCCO[C@@H](C(=O)c1ccc(Cl)cc1Cl)n1ccnc1. The Bertz CT molecular complexity index is 600. The lowest BCUT2D eigenvalue weighted by Gasteiger charge is -2.18. The van der Waals surface area contributed by atoms with Crippen molar-refractivity contribution in [1.82, 2.24) is 9.55 Å². The number of benzene rings is 1. The van der Waals surface area contributed by atoms with Crippen molar-refractivity contribution in [2.75, 3.05) is 6.61 Å². The molecule has 0 radical (unpaired) electrons. The third-order valence-electron chi connectivity index (χ3n) is 2.99. The van der Waals surface area contributed by atoms with E-state index in [2.05, 4.69) is 11.9 Å². The Kier molecular flexibility index (Phi) is 5.79. The molecule has 0 N–H and O–H groups in total. The number of unbranched alkanes of at least 4 members (excludes halogenated alkanes) is 1. The van der Waals surface area contributed by atoms with Crippen LogP contribution in [0.5, 0.6) is 0 Å². The van der Waals surface area contributed by atoms with Gasteiger partial charge in [0.1, 0.15) is 0 Å². The molecule has 112 valence electrons. The van der Waals surface area contributed by atoms with Crippen molar-refractivity contribution in [2.45, 2.75) is 26.0 Å². The number of imidazole rings is 1. The van der Waals surface area contributed by atoms with Gasteiger partial charge in [0.25, 0.3) is 0 Å². The normalized spacial score (nSPS) is 12.3. The zero-order valence-electron chi connectivity index (χ0n) is 11.6. The summed E-state index contributed by atoms with van der Waals surface area (Å²) >= 11 is 12.0. The predicted octanol–water partition coefficient (Wildman–Crippen LogP) is 4.39. The molecule has 2 aromatic rings. The standard InChI is InChI=1S/C15H16Cl2N2O2/c1-2-3-8-21-15(19-7-6-18-10-19)14(20)12-5-4-11(16)9-13(12)17/h4-7,9-10,15H,2-3,8H2,1H3/t15-/m0/s1. The van der Waals surface area contributed by atoms with Crippen LogP contribution in [0.25, 0.3) is 0 Å². The van der Waals surface area contributed by atoms with E-state index in [0.717, 1.165) is 12.8 Å². The number of ketones is 1.